The molecule has 3 rings (SSSR count). The van der Waals surface area contributed by atoms with E-state index in [4.69, 9.17) is 0 Å². The van der Waals surface area contributed by atoms with Crippen molar-refractivity contribution in [3.63, 3.8) is 0 Å². The molecule has 3 unspecified atom stereocenters. The first-order valence-electron chi connectivity index (χ1n) is 9.85. The van der Waals surface area contributed by atoms with Crippen LogP contribution in [0.3, 0.4) is 0 Å². The quantitative estimate of drug-likeness (QED) is 0.749. The highest BCUT2D eigenvalue weighted by Gasteiger charge is 2.40. The molecule has 1 saturated heterocycles. The van der Waals surface area contributed by atoms with Crippen molar-refractivity contribution in [3.05, 3.63) is 12.2 Å². The lowest BCUT2D eigenvalue weighted by Gasteiger charge is -2.27. The van der Waals surface area contributed by atoms with Gasteiger partial charge in [-0.3, -0.25) is 9.59 Å². The van der Waals surface area contributed by atoms with Crippen molar-refractivity contribution >= 4 is 11.8 Å². The van der Waals surface area contributed by atoms with E-state index in [-0.39, 0.29) is 23.9 Å². The summed E-state index contributed by atoms with van der Waals surface area (Å²) < 4.78 is 0. The second kappa shape index (κ2) is 7.71. The fourth-order valence-electron chi connectivity index (χ4n) is 4.31. The molecule has 0 spiro atoms. The van der Waals surface area contributed by atoms with E-state index < -0.39 is 0 Å². The summed E-state index contributed by atoms with van der Waals surface area (Å²) in [4.78, 5) is 27.2. The Bertz CT molecular complexity index is 502. The van der Waals surface area contributed by atoms with Crippen LogP contribution in [0, 0.1) is 17.8 Å². The molecule has 2 amide bonds. The van der Waals surface area contributed by atoms with Crippen molar-refractivity contribution in [3.8, 4) is 0 Å². The van der Waals surface area contributed by atoms with Gasteiger partial charge in [-0.1, -0.05) is 32.4 Å². The van der Waals surface area contributed by atoms with Crippen molar-refractivity contribution in [2.45, 2.75) is 77.3 Å². The fraction of sp³-hybridized carbons (Fsp3) is 0.800. The number of carbonyl (C=O) groups is 2. The number of amides is 2. The maximum absolute atomic E-state index is 12.8. The van der Waals surface area contributed by atoms with Gasteiger partial charge in [0.2, 0.25) is 11.8 Å². The maximum Gasteiger partial charge on any atom is 0.243 e. The van der Waals surface area contributed by atoms with Gasteiger partial charge in [0.05, 0.1) is 0 Å². The van der Waals surface area contributed by atoms with Gasteiger partial charge in [0.15, 0.2) is 0 Å². The number of carbonyl (C=O) groups excluding carboxylic acids is 2. The Hall–Kier alpha value is -1.32. The van der Waals surface area contributed by atoms with E-state index in [0.717, 1.165) is 45.1 Å². The molecule has 134 valence electrons. The van der Waals surface area contributed by atoms with Gasteiger partial charge < -0.3 is 10.2 Å². The van der Waals surface area contributed by atoms with Crippen molar-refractivity contribution in [2.24, 2.45) is 17.8 Å². The van der Waals surface area contributed by atoms with Crippen LogP contribution in [0.15, 0.2) is 12.2 Å². The van der Waals surface area contributed by atoms with E-state index in [0.29, 0.717) is 24.2 Å². The van der Waals surface area contributed by atoms with E-state index in [2.05, 4.69) is 31.3 Å². The van der Waals surface area contributed by atoms with Gasteiger partial charge in [-0.15, -0.1) is 0 Å². The monoisotopic (exact) mass is 332 g/mol. The Morgan fingerprint density at radius 3 is 2.88 bits per heavy atom. The fourth-order valence-corrected chi connectivity index (χ4v) is 4.31. The minimum atomic E-state index is -0.234. The molecule has 24 heavy (non-hydrogen) atoms. The van der Waals surface area contributed by atoms with Crippen LogP contribution in [-0.2, 0) is 9.59 Å². The normalized spacial score (nSPS) is 39.2. The molecule has 2 fully saturated rings. The van der Waals surface area contributed by atoms with Gasteiger partial charge in [0.25, 0.3) is 0 Å². The van der Waals surface area contributed by atoms with Gasteiger partial charge in [0.1, 0.15) is 6.04 Å². The lowest BCUT2D eigenvalue weighted by atomic mass is 9.88. The number of hydrogen-bond acceptors (Lipinski definition) is 2. The second-order valence-corrected chi connectivity index (χ2v) is 8.08. The molecule has 1 N–H and O–H groups in total. The highest BCUT2D eigenvalue weighted by Crippen LogP contribution is 2.33. The number of rotatable bonds is 1. The van der Waals surface area contributed by atoms with Crippen LogP contribution in [0.1, 0.15) is 65.2 Å². The first-order chi connectivity index (χ1) is 11.6. The van der Waals surface area contributed by atoms with Crippen LogP contribution >= 0.6 is 0 Å². The largest absolute Gasteiger partial charge is 0.351 e. The van der Waals surface area contributed by atoms with Crippen molar-refractivity contribution < 1.29 is 9.59 Å². The Morgan fingerprint density at radius 1 is 1.25 bits per heavy atom. The second-order valence-electron chi connectivity index (χ2n) is 8.08. The van der Waals surface area contributed by atoms with Crippen LogP contribution < -0.4 is 5.32 Å². The Balaban J connectivity index is 1.72. The average Bonchev–Trinajstić information content (AvgIpc) is 3.09. The smallest absolute Gasteiger partial charge is 0.243 e. The summed E-state index contributed by atoms with van der Waals surface area (Å²) >= 11 is 0. The maximum atomic E-state index is 12.8. The molecule has 5 atom stereocenters. The molecular weight excluding hydrogens is 300 g/mol. The zero-order chi connectivity index (χ0) is 17.1. The molecule has 1 aliphatic carbocycles. The molecule has 0 aromatic heterocycles. The molecule has 3 aliphatic rings. The summed E-state index contributed by atoms with van der Waals surface area (Å²) in [5.41, 5.74) is 0. The molecule has 2 aliphatic heterocycles. The summed E-state index contributed by atoms with van der Waals surface area (Å²) in [7, 11) is 0. The van der Waals surface area contributed by atoms with Crippen molar-refractivity contribution in [1.82, 2.24) is 10.2 Å². The first-order valence-corrected chi connectivity index (χ1v) is 9.85. The zero-order valence-electron chi connectivity index (χ0n) is 15.2. The van der Waals surface area contributed by atoms with E-state index in [1.54, 1.807) is 0 Å². The third kappa shape index (κ3) is 4.20. The van der Waals surface area contributed by atoms with E-state index >= 15 is 0 Å². The van der Waals surface area contributed by atoms with Crippen LogP contribution in [0.2, 0.25) is 0 Å². The first kappa shape index (κ1) is 17.5. The summed E-state index contributed by atoms with van der Waals surface area (Å²) in [6, 6.07) is 0.0556. The standard InChI is InChI=1S/C20H32N2O2/c1-3-15-11-14(2)7-4-5-8-16-13-17(16)21-20(24)18-9-6-10-22(18)19(23)12-15/h5,8,14-18H,3-4,6-7,9-13H2,1-2H3,(H,21,24)/b8-5-/t14-,15?,16-,17?,18?/m1/s1. The Kier molecular flexibility index (Phi) is 5.62. The third-order valence-corrected chi connectivity index (χ3v) is 6.03. The van der Waals surface area contributed by atoms with Crippen LogP contribution in [0.5, 0.6) is 0 Å². The highest BCUT2D eigenvalue weighted by molar-refractivity contribution is 5.88. The predicted octanol–water partition coefficient (Wildman–Crippen LogP) is 3.27. The topological polar surface area (TPSA) is 49.4 Å². The van der Waals surface area contributed by atoms with Crippen molar-refractivity contribution in [1.29, 1.82) is 0 Å². The van der Waals surface area contributed by atoms with Crippen molar-refractivity contribution in [2.75, 3.05) is 6.54 Å². The lowest BCUT2D eigenvalue weighted by molar-refractivity contribution is -0.139. The predicted molar refractivity (Wildman–Crippen MR) is 95.3 cm³/mol. The Labute approximate surface area is 146 Å². The van der Waals surface area contributed by atoms with E-state index in [1.807, 2.05) is 4.90 Å². The zero-order valence-corrected chi connectivity index (χ0v) is 15.2. The molecule has 4 nitrogen and oxygen atoms in total. The van der Waals surface area contributed by atoms with E-state index in [9.17, 15) is 9.59 Å². The van der Waals surface area contributed by atoms with Crippen LogP contribution in [0.4, 0.5) is 0 Å². The molecule has 4 heteroatoms. The van der Waals surface area contributed by atoms with Gasteiger partial charge in [-0.05, 0) is 56.3 Å². The van der Waals surface area contributed by atoms with Gasteiger partial charge in [-0.25, -0.2) is 0 Å². The highest BCUT2D eigenvalue weighted by atomic mass is 16.2. The number of hydrogen-bond donors (Lipinski definition) is 1. The third-order valence-electron chi connectivity index (χ3n) is 6.03. The molecule has 0 radical (unpaired) electrons. The minimum Gasteiger partial charge on any atom is -0.351 e. The van der Waals surface area contributed by atoms with Crippen LogP contribution in [0.25, 0.3) is 0 Å². The minimum absolute atomic E-state index is 0.0676. The van der Waals surface area contributed by atoms with Crippen LogP contribution in [-0.4, -0.2) is 35.3 Å². The number of allylic oxidation sites excluding steroid dienone is 1. The van der Waals surface area contributed by atoms with Gasteiger partial charge in [-0.2, -0.15) is 0 Å². The summed E-state index contributed by atoms with van der Waals surface area (Å²) in [6.45, 7) is 5.24. The molecule has 2 heterocycles. The molecular formula is C20H32N2O2. The number of nitrogens with zero attached hydrogens (tertiary/aromatic N) is 1. The molecule has 1 saturated carbocycles. The summed E-state index contributed by atoms with van der Waals surface area (Å²) in [5, 5.41) is 3.17. The molecule has 0 bridgehead atoms. The summed E-state index contributed by atoms with van der Waals surface area (Å²) in [6.07, 6.45) is 12.5. The average molecular weight is 332 g/mol. The van der Waals surface area contributed by atoms with Gasteiger partial charge >= 0.3 is 0 Å². The lowest BCUT2D eigenvalue weighted by Crippen LogP contribution is -2.47. The number of nitrogens with one attached hydrogen (secondary N) is 1. The summed E-state index contributed by atoms with van der Waals surface area (Å²) in [5.74, 6) is 1.86. The Morgan fingerprint density at radius 2 is 2.08 bits per heavy atom. The molecule has 0 aromatic rings. The van der Waals surface area contributed by atoms with E-state index in [1.165, 1.54) is 6.42 Å². The molecule has 0 aromatic carbocycles. The number of fused-ring (bicyclic) bond motifs is 2. The SMILES string of the molecule is CCC1CC(=O)N2CCCC2C(=O)NC2C[C@H]2/C=C\CC[C@@H](C)C1. The van der Waals surface area contributed by atoms with Gasteiger partial charge in [0, 0.05) is 19.0 Å².